The zero-order chi connectivity index (χ0) is 12.3. The molecule has 2 bridgehead atoms. The number of halogens is 1. The molecule has 0 radical (unpaired) electrons. The topological polar surface area (TPSA) is 36.4 Å². The van der Waals surface area contributed by atoms with Crippen LogP contribution in [0.5, 0.6) is 0 Å². The zero-order valence-electron chi connectivity index (χ0n) is 10.2. The summed E-state index contributed by atoms with van der Waals surface area (Å²) in [5.41, 5.74) is 1.01. The summed E-state index contributed by atoms with van der Waals surface area (Å²) in [6, 6.07) is 4.11. The van der Waals surface area contributed by atoms with E-state index in [0.29, 0.717) is 12.0 Å². The van der Waals surface area contributed by atoms with Crippen LogP contribution in [0.1, 0.15) is 18.5 Å². The molecule has 2 saturated carbocycles. The van der Waals surface area contributed by atoms with Crippen molar-refractivity contribution in [2.24, 2.45) is 17.8 Å². The first-order chi connectivity index (χ1) is 8.72. The van der Waals surface area contributed by atoms with Gasteiger partial charge in [0.15, 0.2) is 0 Å². The molecule has 3 nitrogen and oxygen atoms in total. The molecule has 5 unspecified atom stereocenters. The van der Waals surface area contributed by atoms with Gasteiger partial charge in [-0.25, -0.2) is 0 Å². The average molecular weight is 265 g/mol. The Balaban J connectivity index is 1.57. The van der Waals surface area contributed by atoms with Crippen molar-refractivity contribution in [2.45, 2.75) is 31.5 Å². The van der Waals surface area contributed by atoms with E-state index in [1.165, 1.54) is 12.8 Å². The minimum absolute atomic E-state index is 0.118. The lowest BCUT2D eigenvalue weighted by Gasteiger charge is -2.28. The number of likely N-dealkylation sites (tertiary alicyclic amines) is 1. The van der Waals surface area contributed by atoms with E-state index in [0.717, 1.165) is 35.6 Å². The van der Waals surface area contributed by atoms with Crippen LogP contribution in [0.2, 0.25) is 5.02 Å². The molecule has 1 saturated heterocycles. The van der Waals surface area contributed by atoms with Crippen molar-refractivity contribution in [2.75, 3.05) is 6.54 Å². The van der Waals surface area contributed by atoms with Crippen LogP contribution in [0.25, 0.3) is 0 Å². The van der Waals surface area contributed by atoms with Crippen molar-refractivity contribution in [3.05, 3.63) is 29.0 Å². The quantitative estimate of drug-likeness (QED) is 0.887. The van der Waals surface area contributed by atoms with E-state index in [-0.39, 0.29) is 6.10 Å². The van der Waals surface area contributed by atoms with Gasteiger partial charge in [0.05, 0.1) is 11.8 Å². The van der Waals surface area contributed by atoms with Crippen LogP contribution in [0.3, 0.4) is 0 Å². The lowest BCUT2D eigenvalue weighted by atomic mass is 9.88. The fourth-order valence-corrected chi connectivity index (χ4v) is 4.65. The molecule has 1 aliphatic heterocycles. The molecule has 3 aliphatic rings. The number of fused-ring (bicyclic) bond motifs is 1. The van der Waals surface area contributed by atoms with Gasteiger partial charge < -0.3 is 5.11 Å². The summed E-state index contributed by atoms with van der Waals surface area (Å²) in [5, 5.41) is 11.1. The van der Waals surface area contributed by atoms with Crippen LogP contribution in [0.15, 0.2) is 18.3 Å². The number of aromatic nitrogens is 1. The minimum Gasteiger partial charge on any atom is -0.391 e. The van der Waals surface area contributed by atoms with Crippen LogP contribution in [-0.2, 0) is 6.54 Å². The second-order valence-electron chi connectivity index (χ2n) is 6.03. The van der Waals surface area contributed by atoms with Gasteiger partial charge in [-0.2, -0.15) is 0 Å². The third kappa shape index (κ3) is 1.54. The highest BCUT2D eigenvalue weighted by atomic mass is 35.5. The maximum absolute atomic E-state index is 10.3. The van der Waals surface area contributed by atoms with E-state index in [1.54, 1.807) is 12.3 Å². The molecule has 1 N–H and O–H groups in total. The van der Waals surface area contributed by atoms with Gasteiger partial charge in [0, 0.05) is 30.4 Å². The summed E-state index contributed by atoms with van der Waals surface area (Å²) in [5.74, 6) is 2.09. The standard InChI is InChI=1S/C14H17ClN2O/c15-10-1-2-16-11(5-10)7-17-6-9-3-8-4-12(9)13(17)14(8)18/h1-2,5,8-9,12-14,18H,3-4,6-7H2. The normalized spacial score (nSPS) is 41.8. The third-order valence-electron chi connectivity index (χ3n) is 5.09. The number of hydrogen-bond acceptors (Lipinski definition) is 3. The first kappa shape index (κ1) is 11.2. The fourth-order valence-electron chi connectivity index (χ4n) is 4.46. The number of nitrogens with zero attached hydrogens (tertiary/aromatic N) is 2. The molecule has 18 heavy (non-hydrogen) atoms. The minimum atomic E-state index is -0.118. The number of pyridine rings is 1. The maximum Gasteiger partial charge on any atom is 0.0726 e. The number of aliphatic hydroxyl groups is 1. The molecule has 0 aromatic carbocycles. The van der Waals surface area contributed by atoms with Crippen molar-refractivity contribution in [3.63, 3.8) is 0 Å². The van der Waals surface area contributed by atoms with Crippen molar-refractivity contribution < 1.29 is 5.11 Å². The molecule has 0 spiro atoms. The zero-order valence-corrected chi connectivity index (χ0v) is 10.9. The summed E-state index contributed by atoms with van der Waals surface area (Å²) >= 11 is 6.00. The van der Waals surface area contributed by atoms with Gasteiger partial charge in [-0.05, 0) is 42.7 Å². The first-order valence-electron chi connectivity index (χ1n) is 6.75. The summed E-state index contributed by atoms with van der Waals surface area (Å²) in [6.07, 6.45) is 4.10. The number of rotatable bonds is 2. The Labute approximate surface area is 112 Å². The van der Waals surface area contributed by atoms with Crippen LogP contribution >= 0.6 is 11.6 Å². The molecule has 1 aromatic rings. The van der Waals surface area contributed by atoms with E-state index >= 15 is 0 Å². The van der Waals surface area contributed by atoms with Gasteiger partial charge >= 0.3 is 0 Å². The molecular formula is C14H17ClN2O. The summed E-state index contributed by atoms with van der Waals surface area (Å²) in [4.78, 5) is 6.80. The molecule has 1 aromatic heterocycles. The summed E-state index contributed by atoms with van der Waals surface area (Å²) in [7, 11) is 0. The lowest BCUT2D eigenvalue weighted by Crippen LogP contribution is -2.40. The maximum atomic E-state index is 10.3. The molecular weight excluding hydrogens is 248 g/mol. The van der Waals surface area contributed by atoms with Crippen molar-refractivity contribution >= 4 is 11.6 Å². The summed E-state index contributed by atoms with van der Waals surface area (Å²) in [6.45, 7) is 1.94. The third-order valence-corrected chi connectivity index (χ3v) is 5.33. The van der Waals surface area contributed by atoms with Crippen molar-refractivity contribution in [3.8, 4) is 0 Å². The summed E-state index contributed by atoms with van der Waals surface area (Å²) < 4.78 is 0. The Morgan fingerprint density at radius 3 is 3.06 bits per heavy atom. The van der Waals surface area contributed by atoms with Crippen molar-refractivity contribution in [1.29, 1.82) is 0 Å². The van der Waals surface area contributed by atoms with Gasteiger partial charge in [-0.15, -0.1) is 0 Å². The van der Waals surface area contributed by atoms with E-state index in [9.17, 15) is 5.11 Å². The van der Waals surface area contributed by atoms with Crippen molar-refractivity contribution in [1.82, 2.24) is 9.88 Å². The van der Waals surface area contributed by atoms with Gasteiger partial charge in [-0.3, -0.25) is 9.88 Å². The van der Waals surface area contributed by atoms with E-state index < -0.39 is 0 Å². The second-order valence-corrected chi connectivity index (χ2v) is 6.47. The van der Waals surface area contributed by atoms with Crippen LogP contribution in [0.4, 0.5) is 0 Å². The Morgan fingerprint density at radius 2 is 2.28 bits per heavy atom. The van der Waals surface area contributed by atoms with E-state index in [1.807, 2.05) is 6.07 Å². The largest absolute Gasteiger partial charge is 0.391 e. The molecule has 0 amide bonds. The molecule has 2 heterocycles. The molecule has 4 heteroatoms. The van der Waals surface area contributed by atoms with Crippen LogP contribution in [0, 0.1) is 17.8 Å². The second kappa shape index (κ2) is 3.92. The molecule has 2 aliphatic carbocycles. The van der Waals surface area contributed by atoms with Crippen LogP contribution < -0.4 is 0 Å². The number of hydrogen-bond donors (Lipinski definition) is 1. The van der Waals surface area contributed by atoms with Gasteiger partial charge in [0.2, 0.25) is 0 Å². The molecule has 96 valence electrons. The van der Waals surface area contributed by atoms with Gasteiger partial charge in [-0.1, -0.05) is 11.6 Å². The Morgan fingerprint density at radius 1 is 1.39 bits per heavy atom. The highest BCUT2D eigenvalue weighted by Crippen LogP contribution is 2.55. The Kier molecular flexibility index (Phi) is 2.44. The van der Waals surface area contributed by atoms with E-state index in [4.69, 9.17) is 11.6 Å². The van der Waals surface area contributed by atoms with E-state index in [2.05, 4.69) is 9.88 Å². The fraction of sp³-hybridized carbons (Fsp3) is 0.643. The predicted molar refractivity (Wildman–Crippen MR) is 69.2 cm³/mol. The monoisotopic (exact) mass is 264 g/mol. The smallest absolute Gasteiger partial charge is 0.0726 e. The molecule has 5 atom stereocenters. The average Bonchev–Trinajstić information content (AvgIpc) is 2.91. The SMILES string of the molecule is OC1C2CC3CN(Cc4cc(Cl)ccn4)C1C3C2. The first-order valence-corrected chi connectivity index (χ1v) is 7.13. The molecule has 3 fully saturated rings. The Bertz CT molecular complexity index is 479. The predicted octanol–water partition coefficient (Wildman–Crippen LogP) is 1.94. The highest BCUT2D eigenvalue weighted by Gasteiger charge is 2.58. The Hall–Kier alpha value is -0.640. The lowest BCUT2D eigenvalue weighted by molar-refractivity contribution is 0.0480. The molecule has 4 rings (SSSR count). The number of aliphatic hydroxyl groups excluding tert-OH is 1. The van der Waals surface area contributed by atoms with Gasteiger partial charge in [0.25, 0.3) is 0 Å². The van der Waals surface area contributed by atoms with Crippen LogP contribution in [-0.4, -0.2) is 33.7 Å². The highest BCUT2D eigenvalue weighted by molar-refractivity contribution is 6.30. The van der Waals surface area contributed by atoms with Gasteiger partial charge in [0.1, 0.15) is 0 Å².